The number of hydrogen-bond donors (Lipinski definition) is 1. The summed E-state index contributed by atoms with van der Waals surface area (Å²) in [5.41, 5.74) is 0.521. The van der Waals surface area contributed by atoms with Crippen LogP contribution in [-0.4, -0.2) is 38.5 Å². The van der Waals surface area contributed by atoms with Crippen molar-refractivity contribution in [3.05, 3.63) is 29.8 Å². The SMILES string of the molecule is COC(=O)C1(Nc2ccccc2C)CCCC1S(C)(=O)=O. The Bertz CT molecular complexity index is 641. The number of carbonyl (C=O) groups excluding carboxylic acids is 1. The van der Waals surface area contributed by atoms with Gasteiger partial charge in [0, 0.05) is 11.9 Å². The van der Waals surface area contributed by atoms with Crippen molar-refractivity contribution in [1.29, 1.82) is 0 Å². The van der Waals surface area contributed by atoms with E-state index in [9.17, 15) is 13.2 Å². The average molecular weight is 311 g/mol. The lowest BCUT2D eigenvalue weighted by Gasteiger charge is -2.34. The minimum atomic E-state index is -3.36. The van der Waals surface area contributed by atoms with Gasteiger partial charge in [0.2, 0.25) is 0 Å². The summed E-state index contributed by atoms with van der Waals surface area (Å²) >= 11 is 0. The smallest absolute Gasteiger partial charge is 0.332 e. The molecule has 116 valence electrons. The maximum absolute atomic E-state index is 12.4. The average Bonchev–Trinajstić information content (AvgIpc) is 2.85. The summed E-state index contributed by atoms with van der Waals surface area (Å²) in [6.07, 6.45) is 2.77. The minimum Gasteiger partial charge on any atom is -0.467 e. The molecule has 0 radical (unpaired) electrons. The third-order valence-corrected chi connectivity index (χ3v) is 5.83. The lowest BCUT2D eigenvalue weighted by atomic mass is 9.96. The number of esters is 1. The van der Waals surface area contributed by atoms with Gasteiger partial charge in [0.15, 0.2) is 15.4 Å². The number of para-hydroxylation sites is 1. The van der Waals surface area contributed by atoms with E-state index in [-0.39, 0.29) is 0 Å². The van der Waals surface area contributed by atoms with Crippen LogP contribution in [0, 0.1) is 6.92 Å². The molecule has 1 saturated carbocycles. The zero-order valence-electron chi connectivity index (χ0n) is 12.5. The Hall–Kier alpha value is -1.56. The van der Waals surface area contributed by atoms with Gasteiger partial charge in [0.1, 0.15) is 0 Å². The highest BCUT2D eigenvalue weighted by molar-refractivity contribution is 7.91. The molecule has 1 aromatic carbocycles. The van der Waals surface area contributed by atoms with E-state index in [0.29, 0.717) is 19.3 Å². The van der Waals surface area contributed by atoms with Crippen LogP contribution in [0.2, 0.25) is 0 Å². The molecule has 0 bridgehead atoms. The highest BCUT2D eigenvalue weighted by Gasteiger charge is 2.54. The first-order valence-electron chi connectivity index (χ1n) is 6.92. The molecule has 1 aliphatic rings. The molecule has 0 saturated heterocycles. The quantitative estimate of drug-likeness (QED) is 0.860. The van der Waals surface area contributed by atoms with Gasteiger partial charge >= 0.3 is 5.97 Å². The predicted molar refractivity (Wildman–Crippen MR) is 82.0 cm³/mol. The Balaban J connectivity index is 2.48. The number of hydrogen-bond acceptors (Lipinski definition) is 5. The molecule has 5 nitrogen and oxygen atoms in total. The van der Waals surface area contributed by atoms with Crippen molar-refractivity contribution in [3.8, 4) is 0 Å². The summed E-state index contributed by atoms with van der Waals surface area (Å²) in [7, 11) is -2.07. The van der Waals surface area contributed by atoms with Crippen LogP contribution in [0.15, 0.2) is 24.3 Å². The molecular weight excluding hydrogens is 290 g/mol. The van der Waals surface area contributed by atoms with Crippen molar-refractivity contribution in [1.82, 2.24) is 0 Å². The summed E-state index contributed by atoms with van der Waals surface area (Å²) < 4.78 is 29.1. The Morgan fingerprint density at radius 3 is 2.62 bits per heavy atom. The van der Waals surface area contributed by atoms with E-state index in [1.807, 2.05) is 31.2 Å². The number of ether oxygens (including phenoxy) is 1. The molecule has 0 aliphatic heterocycles. The van der Waals surface area contributed by atoms with Gasteiger partial charge in [-0.15, -0.1) is 0 Å². The van der Waals surface area contributed by atoms with Crippen LogP contribution in [0.5, 0.6) is 0 Å². The first kappa shape index (κ1) is 15.8. The minimum absolute atomic E-state index is 0.450. The second kappa shape index (κ2) is 5.67. The molecule has 0 amide bonds. The molecule has 1 fully saturated rings. The van der Waals surface area contributed by atoms with E-state index in [4.69, 9.17) is 4.74 Å². The van der Waals surface area contributed by atoms with E-state index in [1.54, 1.807) is 0 Å². The maximum atomic E-state index is 12.4. The Morgan fingerprint density at radius 2 is 2.05 bits per heavy atom. The number of nitrogens with one attached hydrogen (secondary N) is 1. The third kappa shape index (κ3) is 2.90. The first-order chi connectivity index (χ1) is 9.81. The van der Waals surface area contributed by atoms with E-state index >= 15 is 0 Å². The van der Waals surface area contributed by atoms with Crippen molar-refractivity contribution in [3.63, 3.8) is 0 Å². The molecule has 1 aromatic rings. The number of carbonyl (C=O) groups is 1. The lowest BCUT2D eigenvalue weighted by Crippen LogP contribution is -2.55. The molecule has 0 aromatic heterocycles. The van der Waals surface area contributed by atoms with Crippen molar-refractivity contribution < 1.29 is 17.9 Å². The van der Waals surface area contributed by atoms with Gasteiger partial charge in [-0.3, -0.25) is 0 Å². The van der Waals surface area contributed by atoms with Crippen LogP contribution >= 0.6 is 0 Å². The first-order valence-corrected chi connectivity index (χ1v) is 8.88. The number of sulfone groups is 1. The molecule has 2 unspecified atom stereocenters. The number of rotatable bonds is 4. The highest BCUT2D eigenvalue weighted by atomic mass is 32.2. The van der Waals surface area contributed by atoms with Crippen LogP contribution in [0.25, 0.3) is 0 Å². The molecule has 21 heavy (non-hydrogen) atoms. The summed E-state index contributed by atoms with van der Waals surface area (Å²) in [6, 6.07) is 7.51. The molecule has 1 N–H and O–H groups in total. The molecule has 6 heteroatoms. The lowest BCUT2D eigenvalue weighted by molar-refractivity contribution is -0.145. The van der Waals surface area contributed by atoms with Gasteiger partial charge in [-0.1, -0.05) is 18.2 Å². The van der Waals surface area contributed by atoms with Crippen LogP contribution in [0.1, 0.15) is 24.8 Å². The van der Waals surface area contributed by atoms with Gasteiger partial charge < -0.3 is 10.1 Å². The number of benzene rings is 1. The molecular formula is C15H21NO4S. The highest BCUT2D eigenvalue weighted by Crippen LogP contribution is 2.39. The fourth-order valence-corrected chi connectivity index (χ4v) is 4.72. The van der Waals surface area contributed by atoms with Gasteiger partial charge in [-0.2, -0.15) is 0 Å². The molecule has 2 atom stereocenters. The van der Waals surface area contributed by atoms with Gasteiger partial charge in [-0.05, 0) is 37.8 Å². The van der Waals surface area contributed by atoms with E-state index < -0.39 is 26.6 Å². The van der Waals surface area contributed by atoms with Crippen molar-refractivity contribution in [2.75, 3.05) is 18.7 Å². The molecule has 2 rings (SSSR count). The van der Waals surface area contributed by atoms with Crippen LogP contribution in [-0.2, 0) is 19.4 Å². The predicted octanol–water partition coefficient (Wildman–Crippen LogP) is 1.92. The van der Waals surface area contributed by atoms with Gasteiger partial charge in [0.05, 0.1) is 12.4 Å². The second-order valence-electron chi connectivity index (χ2n) is 5.61. The fourth-order valence-electron chi connectivity index (χ4n) is 3.12. The second-order valence-corrected chi connectivity index (χ2v) is 7.84. The molecule has 0 spiro atoms. The van der Waals surface area contributed by atoms with Gasteiger partial charge in [0.25, 0.3) is 0 Å². The number of methoxy groups -OCH3 is 1. The Labute approximate surface area is 125 Å². The van der Waals surface area contributed by atoms with Gasteiger partial charge in [-0.25, -0.2) is 13.2 Å². The Morgan fingerprint density at radius 1 is 1.38 bits per heavy atom. The van der Waals surface area contributed by atoms with E-state index in [0.717, 1.165) is 11.3 Å². The largest absolute Gasteiger partial charge is 0.467 e. The van der Waals surface area contributed by atoms with E-state index in [2.05, 4.69) is 5.32 Å². The summed E-state index contributed by atoms with van der Waals surface area (Å²) in [4.78, 5) is 12.4. The molecule has 0 heterocycles. The number of anilines is 1. The number of aryl methyl sites for hydroxylation is 1. The monoisotopic (exact) mass is 311 g/mol. The summed E-state index contributed by atoms with van der Waals surface area (Å²) in [5, 5.41) is 2.41. The normalized spacial score (nSPS) is 25.6. The third-order valence-electron chi connectivity index (χ3n) is 4.16. The van der Waals surface area contributed by atoms with E-state index in [1.165, 1.54) is 13.4 Å². The van der Waals surface area contributed by atoms with Crippen LogP contribution < -0.4 is 5.32 Å². The van der Waals surface area contributed by atoms with Crippen molar-refractivity contribution >= 4 is 21.5 Å². The fraction of sp³-hybridized carbons (Fsp3) is 0.533. The zero-order valence-corrected chi connectivity index (χ0v) is 13.4. The summed E-state index contributed by atoms with van der Waals surface area (Å²) in [5.74, 6) is -0.515. The molecule has 1 aliphatic carbocycles. The standard InChI is InChI=1S/C15H21NO4S/c1-11-7-4-5-8-12(11)16-15(14(17)20-2)10-6-9-13(15)21(3,18)19/h4-5,7-8,13,16H,6,9-10H2,1-3H3. The van der Waals surface area contributed by atoms with Crippen LogP contribution in [0.4, 0.5) is 5.69 Å². The summed E-state index contributed by atoms with van der Waals surface area (Å²) in [6.45, 7) is 1.91. The topological polar surface area (TPSA) is 72.5 Å². The van der Waals surface area contributed by atoms with Crippen molar-refractivity contribution in [2.24, 2.45) is 0 Å². The Kier molecular flexibility index (Phi) is 4.27. The van der Waals surface area contributed by atoms with Crippen molar-refractivity contribution in [2.45, 2.75) is 37.0 Å². The van der Waals surface area contributed by atoms with Crippen LogP contribution in [0.3, 0.4) is 0 Å². The zero-order chi connectivity index (χ0) is 15.7. The maximum Gasteiger partial charge on any atom is 0.332 e.